The minimum atomic E-state index is -2.82. The van der Waals surface area contributed by atoms with Crippen LogP contribution in [-0.2, 0) is 14.4 Å². The number of imidazole rings is 2. The molecule has 0 unspecified atom stereocenters. The van der Waals surface area contributed by atoms with Crippen LogP contribution in [0.1, 0.15) is 46.7 Å². The summed E-state index contributed by atoms with van der Waals surface area (Å²) in [6.45, 7) is 6.68. The average molecular weight is 1020 g/mol. The van der Waals surface area contributed by atoms with E-state index in [9.17, 15) is 31.9 Å². The minimum Gasteiger partial charge on any atom is -0.495 e. The van der Waals surface area contributed by atoms with Crippen LogP contribution in [0.2, 0.25) is 0 Å². The van der Waals surface area contributed by atoms with Crippen molar-refractivity contribution in [1.82, 2.24) is 49.9 Å². The minimum absolute atomic E-state index is 0.0329. The number of methoxy groups -OCH3 is 2. The predicted octanol–water partition coefficient (Wildman–Crippen LogP) is 5.89. The highest BCUT2D eigenvalue weighted by Crippen LogP contribution is 2.39. The van der Waals surface area contributed by atoms with E-state index in [0.29, 0.717) is 91.6 Å². The number of anilines is 2. The van der Waals surface area contributed by atoms with Gasteiger partial charge in [0.15, 0.2) is 0 Å². The number of alkyl halides is 4. The van der Waals surface area contributed by atoms with Crippen LogP contribution in [-0.4, -0.2) is 144 Å². The molecule has 0 aliphatic carbocycles. The lowest BCUT2D eigenvalue weighted by Crippen LogP contribution is -2.48. The van der Waals surface area contributed by atoms with E-state index in [1.54, 1.807) is 40.2 Å². The number of ether oxygens (including phenoxy) is 4. The van der Waals surface area contributed by atoms with Crippen molar-refractivity contribution in [2.75, 3.05) is 89.5 Å². The van der Waals surface area contributed by atoms with Gasteiger partial charge in [-0.25, -0.2) is 19.9 Å². The molecule has 10 rings (SSSR count). The van der Waals surface area contributed by atoms with E-state index in [2.05, 4.69) is 45.7 Å². The molecule has 0 saturated carbocycles. The molecule has 2 aromatic carbocycles. The summed E-state index contributed by atoms with van der Waals surface area (Å²) < 4.78 is 80.0. The number of nitrogens with zero attached hydrogens (tertiary/aromatic N) is 9. The van der Waals surface area contributed by atoms with Gasteiger partial charge in [-0.2, -0.15) is 17.6 Å². The van der Waals surface area contributed by atoms with Crippen LogP contribution in [0.4, 0.5) is 28.9 Å². The number of piperazine rings is 2. The van der Waals surface area contributed by atoms with Crippen LogP contribution in [0.15, 0.2) is 61.2 Å². The third kappa shape index (κ3) is 10.9. The van der Waals surface area contributed by atoms with Crippen LogP contribution < -0.4 is 44.7 Å². The molecule has 6 aromatic rings. The Morgan fingerprint density at radius 1 is 0.644 bits per heavy atom. The summed E-state index contributed by atoms with van der Waals surface area (Å²) in [5.74, 6) is 1.19. The summed E-state index contributed by atoms with van der Waals surface area (Å²) in [6, 6.07) is 14.8. The van der Waals surface area contributed by atoms with Crippen molar-refractivity contribution in [2.24, 2.45) is 11.8 Å². The van der Waals surface area contributed by atoms with Crippen molar-refractivity contribution < 1.29 is 50.9 Å². The second kappa shape index (κ2) is 21.7. The summed E-state index contributed by atoms with van der Waals surface area (Å²) in [6.07, 6.45) is 1.94. The lowest BCUT2D eigenvalue weighted by Gasteiger charge is -2.36. The van der Waals surface area contributed by atoms with Crippen molar-refractivity contribution in [3.8, 4) is 45.8 Å². The van der Waals surface area contributed by atoms with Gasteiger partial charge in [0.05, 0.1) is 48.0 Å². The average Bonchev–Trinajstić information content (AvgIpc) is 4.24. The first kappa shape index (κ1) is 50.5. The standard InChI is InChI=1S/C26H30F2N6O4.C24H28F2N6O3/c1-15(18-11-23(36)29-13-18)38-25-24-20(30-14-34(24)26(27)28)12-19(31-25)17-4-5-21(22(10-17)37-3)33-8-6-32(7-9-33)16(2)35;1-14(16-10-21(33)28-12-16)35-23-22-18(29-13-32(22)24(25)26)11-17(30-23)15-3-4-19(20(9-15)34-2)31-7-5-27-6-8-31/h4-5,10,12,14-15,18,26H,6-9,11,13H2,1-3H3,(H,29,36);3-4,9,11,13-14,16,24,27H,5-8,10,12H2,1-2H3,(H,28,33)/t15-,18-;14-,16-/m11/s1. The monoisotopic (exact) mass is 1010 g/mol. The van der Waals surface area contributed by atoms with Gasteiger partial charge in [-0.15, -0.1) is 0 Å². The van der Waals surface area contributed by atoms with Gasteiger partial charge in [0.1, 0.15) is 47.4 Å². The van der Waals surface area contributed by atoms with Crippen molar-refractivity contribution in [1.29, 1.82) is 0 Å². The highest BCUT2D eigenvalue weighted by molar-refractivity contribution is 5.87. The number of benzene rings is 2. The summed E-state index contributed by atoms with van der Waals surface area (Å²) >= 11 is 0. The molecule has 4 fully saturated rings. The Morgan fingerprint density at radius 2 is 1.08 bits per heavy atom. The fourth-order valence-electron chi connectivity index (χ4n) is 9.63. The molecule has 4 aliphatic heterocycles. The van der Waals surface area contributed by atoms with Gasteiger partial charge < -0.3 is 49.6 Å². The van der Waals surface area contributed by atoms with Gasteiger partial charge in [0, 0.05) is 108 Å². The predicted molar refractivity (Wildman–Crippen MR) is 264 cm³/mol. The van der Waals surface area contributed by atoms with Gasteiger partial charge in [0.25, 0.3) is 0 Å². The number of carbonyl (C=O) groups excluding carboxylic acids is 3. The number of halogens is 4. The van der Waals surface area contributed by atoms with E-state index < -0.39 is 25.3 Å². The zero-order valence-electron chi connectivity index (χ0n) is 41.1. The molecule has 3 N–H and O–H groups in total. The Bertz CT molecular complexity index is 2980. The lowest BCUT2D eigenvalue weighted by molar-refractivity contribution is -0.129. The van der Waals surface area contributed by atoms with Gasteiger partial charge in [-0.3, -0.25) is 23.5 Å². The number of carbonyl (C=O) groups is 3. The zero-order chi connectivity index (χ0) is 51.5. The largest absolute Gasteiger partial charge is 0.495 e. The van der Waals surface area contributed by atoms with Crippen molar-refractivity contribution in [2.45, 2.75) is 58.9 Å². The molecule has 4 saturated heterocycles. The maximum absolute atomic E-state index is 13.8. The molecule has 23 heteroatoms. The molecular formula is C50H58F4N12O7. The molecule has 8 heterocycles. The zero-order valence-corrected chi connectivity index (χ0v) is 41.1. The summed E-state index contributed by atoms with van der Waals surface area (Å²) in [7, 11) is 3.21. The summed E-state index contributed by atoms with van der Waals surface area (Å²) in [5.41, 5.74) is 5.26. The number of pyridine rings is 2. The first-order chi connectivity index (χ1) is 35.2. The van der Waals surface area contributed by atoms with E-state index in [1.807, 2.05) is 48.2 Å². The molecule has 73 heavy (non-hydrogen) atoms. The van der Waals surface area contributed by atoms with E-state index in [4.69, 9.17) is 18.9 Å². The highest BCUT2D eigenvalue weighted by atomic mass is 19.3. The first-order valence-electron chi connectivity index (χ1n) is 24.2. The van der Waals surface area contributed by atoms with Crippen molar-refractivity contribution in [3.63, 3.8) is 0 Å². The molecule has 19 nitrogen and oxygen atoms in total. The first-order valence-corrected chi connectivity index (χ1v) is 24.2. The number of hydrogen-bond donors (Lipinski definition) is 3. The fourth-order valence-corrected chi connectivity index (χ4v) is 9.63. The molecule has 4 aliphatic rings. The highest BCUT2D eigenvalue weighted by Gasteiger charge is 2.32. The van der Waals surface area contributed by atoms with E-state index in [-0.39, 0.29) is 52.4 Å². The number of fused-ring (bicyclic) bond motifs is 2. The number of amides is 3. The summed E-state index contributed by atoms with van der Waals surface area (Å²) in [5, 5.41) is 8.89. The third-order valence-electron chi connectivity index (χ3n) is 13.9. The SMILES string of the molecule is COc1cc(-c2cc3ncn(C(F)F)c3c(O[C@H](C)[C@H]3CNC(=O)C3)n2)ccc1N1CCN(C(C)=O)CC1.COc1cc(-c2cc3ncn(C(F)F)c3c(O[C@H](C)[C@H]3CNC(=O)C3)n2)ccc1N1CCNCC1. The Kier molecular flexibility index (Phi) is 15.0. The Hall–Kier alpha value is -7.43. The molecule has 0 radical (unpaired) electrons. The molecule has 4 atom stereocenters. The lowest BCUT2D eigenvalue weighted by atomic mass is 10.0. The Labute approximate surface area is 418 Å². The van der Waals surface area contributed by atoms with E-state index >= 15 is 0 Å². The summed E-state index contributed by atoms with van der Waals surface area (Å²) in [4.78, 5) is 58.9. The van der Waals surface area contributed by atoms with E-state index in [1.165, 1.54) is 0 Å². The Balaban J connectivity index is 0.000000180. The molecular weight excluding hydrogens is 957 g/mol. The quantitative estimate of drug-likeness (QED) is 0.109. The fraction of sp³-hybridized carbons (Fsp3) is 0.460. The smallest absolute Gasteiger partial charge is 0.320 e. The molecule has 0 spiro atoms. The normalized spacial score (nSPS) is 19.0. The van der Waals surface area contributed by atoms with Gasteiger partial charge in [-0.1, -0.05) is 12.1 Å². The molecule has 3 amide bonds. The topological polar surface area (TPSA) is 195 Å². The van der Waals surface area contributed by atoms with Crippen LogP contribution >= 0.6 is 0 Å². The number of nitrogens with one attached hydrogen (secondary N) is 3. The Morgan fingerprint density at radius 3 is 1.47 bits per heavy atom. The second-order valence-electron chi connectivity index (χ2n) is 18.4. The van der Waals surface area contributed by atoms with Gasteiger partial charge in [-0.05, 0) is 50.2 Å². The number of aromatic nitrogens is 6. The maximum Gasteiger partial charge on any atom is 0.320 e. The maximum atomic E-state index is 13.8. The number of hydrogen-bond acceptors (Lipinski definition) is 14. The van der Waals surface area contributed by atoms with Crippen molar-refractivity contribution in [3.05, 3.63) is 61.2 Å². The van der Waals surface area contributed by atoms with Crippen LogP contribution in [0, 0.1) is 11.8 Å². The molecule has 0 bridgehead atoms. The third-order valence-corrected chi connectivity index (χ3v) is 13.9. The van der Waals surface area contributed by atoms with Crippen molar-refractivity contribution >= 4 is 51.2 Å². The van der Waals surface area contributed by atoms with Gasteiger partial charge >= 0.3 is 13.1 Å². The molecule has 4 aromatic heterocycles. The van der Waals surface area contributed by atoms with Crippen LogP contribution in [0.5, 0.6) is 23.3 Å². The van der Waals surface area contributed by atoms with Crippen LogP contribution in [0.3, 0.4) is 0 Å². The van der Waals surface area contributed by atoms with Crippen LogP contribution in [0.25, 0.3) is 44.6 Å². The number of rotatable bonds is 14. The second-order valence-corrected chi connectivity index (χ2v) is 18.4. The van der Waals surface area contributed by atoms with E-state index in [0.717, 1.165) is 64.9 Å². The van der Waals surface area contributed by atoms with Gasteiger partial charge in [0.2, 0.25) is 29.5 Å². The molecule has 388 valence electrons.